The minimum atomic E-state index is 0.834. The summed E-state index contributed by atoms with van der Waals surface area (Å²) in [5, 5.41) is 0. The van der Waals surface area contributed by atoms with Crippen molar-refractivity contribution in [3.05, 3.63) is 0 Å². The molecule has 120 valence electrons. The lowest BCUT2D eigenvalue weighted by atomic mass is 10.0. The highest BCUT2D eigenvalue weighted by molar-refractivity contribution is 4.65. The van der Waals surface area contributed by atoms with Crippen LogP contribution in [0.1, 0.15) is 19.8 Å². The van der Waals surface area contributed by atoms with E-state index in [1.54, 1.807) is 0 Å². The van der Waals surface area contributed by atoms with Crippen LogP contribution in [0.4, 0.5) is 0 Å². The van der Waals surface area contributed by atoms with E-state index in [0.717, 1.165) is 5.92 Å². The second-order valence-electron chi connectivity index (χ2n) is 6.90. The summed E-state index contributed by atoms with van der Waals surface area (Å²) in [5.74, 6) is 0.834. The molecule has 0 aromatic rings. The SMILES string of the molecule is CC1CCN(C)CCN(C)CCN(C)CCN(C)CC1. The van der Waals surface area contributed by atoms with Gasteiger partial charge in [-0.05, 0) is 60.0 Å². The Morgan fingerprint density at radius 1 is 0.500 bits per heavy atom. The molecule has 1 aliphatic rings. The molecule has 0 atom stereocenters. The maximum absolute atomic E-state index is 2.49. The van der Waals surface area contributed by atoms with Crippen LogP contribution in [0.5, 0.6) is 0 Å². The molecular formula is C16H36N4. The molecule has 1 heterocycles. The lowest BCUT2D eigenvalue weighted by molar-refractivity contribution is 0.215. The predicted octanol–water partition coefficient (Wildman–Crippen LogP) is 1.14. The highest BCUT2D eigenvalue weighted by Crippen LogP contribution is 2.09. The van der Waals surface area contributed by atoms with Crippen LogP contribution >= 0.6 is 0 Å². The quantitative estimate of drug-likeness (QED) is 0.661. The van der Waals surface area contributed by atoms with Crippen molar-refractivity contribution in [1.82, 2.24) is 19.6 Å². The summed E-state index contributed by atoms with van der Waals surface area (Å²) in [4.78, 5) is 9.89. The van der Waals surface area contributed by atoms with Crippen LogP contribution in [0.2, 0.25) is 0 Å². The van der Waals surface area contributed by atoms with Crippen molar-refractivity contribution in [3.63, 3.8) is 0 Å². The van der Waals surface area contributed by atoms with Crippen molar-refractivity contribution in [2.45, 2.75) is 19.8 Å². The zero-order valence-electron chi connectivity index (χ0n) is 14.4. The molecule has 1 saturated heterocycles. The van der Waals surface area contributed by atoms with Crippen molar-refractivity contribution in [2.24, 2.45) is 5.92 Å². The monoisotopic (exact) mass is 284 g/mol. The first kappa shape index (κ1) is 17.9. The van der Waals surface area contributed by atoms with Crippen LogP contribution in [-0.2, 0) is 0 Å². The molecule has 0 aliphatic carbocycles. The summed E-state index contributed by atoms with van der Waals surface area (Å²) < 4.78 is 0. The smallest absolute Gasteiger partial charge is 0.0107 e. The first-order valence-electron chi connectivity index (χ1n) is 8.21. The Kier molecular flexibility index (Phi) is 8.69. The number of likely N-dealkylation sites (N-methyl/N-ethyl adjacent to an activating group) is 4. The molecule has 4 nitrogen and oxygen atoms in total. The molecule has 1 aliphatic heterocycles. The number of nitrogens with zero attached hydrogens (tertiary/aromatic N) is 4. The van der Waals surface area contributed by atoms with E-state index in [0.29, 0.717) is 0 Å². The van der Waals surface area contributed by atoms with Crippen LogP contribution in [0.25, 0.3) is 0 Å². The van der Waals surface area contributed by atoms with Gasteiger partial charge in [0.2, 0.25) is 0 Å². The summed E-state index contributed by atoms with van der Waals surface area (Å²) >= 11 is 0. The Morgan fingerprint density at radius 3 is 1.05 bits per heavy atom. The molecule has 0 amide bonds. The molecule has 0 unspecified atom stereocenters. The molecular weight excluding hydrogens is 248 g/mol. The Morgan fingerprint density at radius 2 is 0.750 bits per heavy atom. The summed E-state index contributed by atoms with van der Waals surface area (Å²) in [6.45, 7) is 11.9. The Bertz CT molecular complexity index is 169. The van der Waals surface area contributed by atoms with E-state index in [1.165, 1.54) is 65.2 Å². The average Bonchev–Trinajstić information content (AvgIpc) is 2.43. The molecule has 0 spiro atoms. The molecule has 4 heteroatoms. The second-order valence-corrected chi connectivity index (χ2v) is 6.90. The molecule has 1 rings (SSSR count). The van der Waals surface area contributed by atoms with E-state index >= 15 is 0 Å². The van der Waals surface area contributed by atoms with Gasteiger partial charge in [0.25, 0.3) is 0 Å². The van der Waals surface area contributed by atoms with Crippen LogP contribution < -0.4 is 0 Å². The summed E-state index contributed by atoms with van der Waals surface area (Å²) in [6, 6.07) is 0. The van der Waals surface area contributed by atoms with Gasteiger partial charge >= 0.3 is 0 Å². The van der Waals surface area contributed by atoms with Crippen LogP contribution in [-0.4, -0.2) is 100 Å². The molecule has 0 aromatic carbocycles. The summed E-state index contributed by atoms with van der Waals surface area (Å²) in [5.41, 5.74) is 0. The number of hydrogen-bond donors (Lipinski definition) is 0. The van der Waals surface area contributed by atoms with Gasteiger partial charge in [-0.25, -0.2) is 0 Å². The maximum Gasteiger partial charge on any atom is 0.0107 e. The van der Waals surface area contributed by atoms with Crippen molar-refractivity contribution < 1.29 is 0 Å². The second kappa shape index (κ2) is 9.72. The molecule has 20 heavy (non-hydrogen) atoms. The standard InChI is InChI=1S/C16H36N4/c1-16-6-8-17(2)10-12-19(4)14-15-20(5)13-11-18(3)9-7-16/h16H,6-15H2,1-5H3. The third-order valence-electron chi connectivity index (χ3n) is 4.60. The first-order valence-corrected chi connectivity index (χ1v) is 8.21. The van der Waals surface area contributed by atoms with Gasteiger partial charge in [0.1, 0.15) is 0 Å². The van der Waals surface area contributed by atoms with E-state index in [-0.39, 0.29) is 0 Å². The normalized spacial score (nSPS) is 26.2. The molecule has 1 fully saturated rings. The fraction of sp³-hybridized carbons (Fsp3) is 1.00. The number of hydrogen-bond acceptors (Lipinski definition) is 4. The largest absolute Gasteiger partial charge is 0.305 e. The van der Waals surface area contributed by atoms with Crippen molar-refractivity contribution >= 4 is 0 Å². The average molecular weight is 284 g/mol. The molecule has 0 radical (unpaired) electrons. The first-order chi connectivity index (χ1) is 9.47. The van der Waals surface area contributed by atoms with Gasteiger partial charge in [0, 0.05) is 39.3 Å². The van der Waals surface area contributed by atoms with E-state index in [9.17, 15) is 0 Å². The predicted molar refractivity (Wildman–Crippen MR) is 88.4 cm³/mol. The maximum atomic E-state index is 2.49. The van der Waals surface area contributed by atoms with E-state index in [2.05, 4.69) is 54.7 Å². The Labute approximate surface area is 126 Å². The Balaban J connectivity index is 2.45. The van der Waals surface area contributed by atoms with Gasteiger partial charge < -0.3 is 19.6 Å². The van der Waals surface area contributed by atoms with Crippen molar-refractivity contribution in [2.75, 3.05) is 80.5 Å². The van der Waals surface area contributed by atoms with E-state index < -0.39 is 0 Å². The zero-order chi connectivity index (χ0) is 15.0. The fourth-order valence-electron chi connectivity index (χ4n) is 2.50. The van der Waals surface area contributed by atoms with Crippen molar-refractivity contribution in [3.8, 4) is 0 Å². The highest BCUT2D eigenvalue weighted by Gasteiger charge is 2.10. The topological polar surface area (TPSA) is 13.0 Å². The van der Waals surface area contributed by atoms with Crippen LogP contribution in [0.3, 0.4) is 0 Å². The number of rotatable bonds is 0. The van der Waals surface area contributed by atoms with Gasteiger partial charge in [0.05, 0.1) is 0 Å². The van der Waals surface area contributed by atoms with Gasteiger partial charge in [-0.1, -0.05) is 6.92 Å². The van der Waals surface area contributed by atoms with Gasteiger partial charge in [-0.15, -0.1) is 0 Å². The minimum Gasteiger partial charge on any atom is -0.305 e. The summed E-state index contributed by atoms with van der Waals surface area (Å²) in [6.07, 6.45) is 2.65. The van der Waals surface area contributed by atoms with Gasteiger partial charge in [0.15, 0.2) is 0 Å². The van der Waals surface area contributed by atoms with Crippen molar-refractivity contribution in [1.29, 1.82) is 0 Å². The molecule has 0 bridgehead atoms. The van der Waals surface area contributed by atoms with Crippen LogP contribution in [0, 0.1) is 5.92 Å². The van der Waals surface area contributed by atoms with Crippen LogP contribution in [0.15, 0.2) is 0 Å². The zero-order valence-corrected chi connectivity index (χ0v) is 14.4. The molecule has 0 N–H and O–H groups in total. The Hall–Kier alpha value is -0.160. The minimum absolute atomic E-state index is 0.834. The molecule has 0 saturated carbocycles. The third kappa shape index (κ3) is 8.20. The van der Waals surface area contributed by atoms with E-state index in [1.807, 2.05) is 0 Å². The highest BCUT2D eigenvalue weighted by atomic mass is 15.2. The van der Waals surface area contributed by atoms with E-state index in [4.69, 9.17) is 0 Å². The van der Waals surface area contributed by atoms with Gasteiger partial charge in [-0.2, -0.15) is 0 Å². The fourth-order valence-corrected chi connectivity index (χ4v) is 2.50. The summed E-state index contributed by atoms with van der Waals surface area (Å²) in [7, 11) is 9.01. The molecule has 0 aromatic heterocycles. The van der Waals surface area contributed by atoms with Gasteiger partial charge in [-0.3, -0.25) is 0 Å². The lowest BCUT2D eigenvalue weighted by Gasteiger charge is -2.25. The third-order valence-corrected chi connectivity index (χ3v) is 4.60. The lowest BCUT2D eigenvalue weighted by Crippen LogP contribution is -2.38.